The molecule has 85 heavy (non-hydrogen) atoms. The van der Waals surface area contributed by atoms with Crippen LogP contribution in [0.15, 0.2) is 188 Å². The maximum atomic E-state index is 15.5. The Kier molecular flexibility index (Phi) is 12.1. The zero-order chi connectivity index (χ0) is 58.1. The van der Waals surface area contributed by atoms with E-state index in [9.17, 15) is 26.3 Å². The lowest BCUT2D eigenvalue weighted by Crippen LogP contribution is -2.16. The van der Waals surface area contributed by atoms with Crippen molar-refractivity contribution < 1.29 is 43.9 Å². The predicted octanol–water partition coefficient (Wildman–Crippen LogP) is 18.9. The maximum Gasteiger partial charge on any atom is 0.200 e. The number of para-hydroxylation sites is 2. The normalized spacial score (nSPS) is 16.4. The van der Waals surface area contributed by atoms with E-state index in [4.69, 9.17) is 0 Å². The molecule has 0 fully saturated rings. The van der Waals surface area contributed by atoms with Crippen LogP contribution in [0.5, 0.6) is 0 Å². The molecule has 6 nitrogen and oxygen atoms in total. The lowest BCUT2D eigenvalue weighted by Gasteiger charge is -2.27. The topological polar surface area (TPSA) is 51.8 Å². The quantitative estimate of drug-likeness (QED) is 0.0864. The van der Waals surface area contributed by atoms with Gasteiger partial charge in [-0.1, -0.05) is 103 Å². The van der Waals surface area contributed by atoms with E-state index in [1.807, 2.05) is 24.3 Å². The molecule has 4 heterocycles. The van der Waals surface area contributed by atoms with Crippen LogP contribution in [-0.2, 0) is 0 Å². The van der Waals surface area contributed by atoms with E-state index in [2.05, 4.69) is 163 Å². The molecule has 4 aliphatic rings. The Morgan fingerprint density at radius 1 is 0.435 bits per heavy atom. The van der Waals surface area contributed by atoms with Crippen molar-refractivity contribution in [3.63, 3.8) is 0 Å². The fourth-order valence-corrected chi connectivity index (χ4v) is 12.7. The molecule has 15 rings (SSSR count). The molecule has 0 N–H and O–H groups in total. The molecule has 2 unspecified atom stereocenters. The van der Waals surface area contributed by atoms with Gasteiger partial charge in [0.2, 0.25) is 11.6 Å². The van der Waals surface area contributed by atoms with Gasteiger partial charge in [-0.3, -0.25) is 0 Å². The van der Waals surface area contributed by atoms with Crippen molar-refractivity contribution in [2.24, 2.45) is 0 Å². The first-order valence-corrected chi connectivity index (χ1v) is 27.3. The van der Waals surface area contributed by atoms with Crippen LogP contribution in [-0.4, -0.2) is 24.1 Å². The third-order valence-electron chi connectivity index (χ3n) is 16.7. The number of benzene rings is 8. The summed E-state index contributed by atoms with van der Waals surface area (Å²) in [5.41, 5.74) is 9.47. The van der Waals surface area contributed by atoms with Gasteiger partial charge < -0.3 is 14.0 Å². The van der Waals surface area contributed by atoms with E-state index < -0.39 is 86.8 Å². The second-order valence-corrected chi connectivity index (χ2v) is 21.4. The molecule has 3 aliphatic carbocycles. The summed E-state index contributed by atoms with van der Waals surface area (Å²) >= 11 is 0. The van der Waals surface area contributed by atoms with Gasteiger partial charge in [0.15, 0.2) is 64.0 Å². The van der Waals surface area contributed by atoms with Crippen molar-refractivity contribution in [1.82, 2.24) is 24.1 Å². The molecule has 8 aromatic carbocycles. The summed E-state index contributed by atoms with van der Waals surface area (Å²) in [5.74, 6) is -27.8. The molecular weight excluding hydrogens is 1100 g/mol. The fourth-order valence-electron chi connectivity index (χ4n) is 12.7. The van der Waals surface area contributed by atoms with Gasteiger partial charge in [-0.2, -0.15) is 0 Å². The van der Waals surface area contributed by atoms with Crippen molar-refractivity contribution >= 4 is 66.3 Å². The number of allylic oxidation sites excluding steroid dienone is 12. The van der Waals surface area contributed by atoms with Crippen molar-refractivity contribution in [1.29, 1.82) is 0 Å². The number of hydrogen-bond acceptors (Lipinski definition) is 4. The number of halogens is 10. The van der Waals surface area contributed by atoms with E-state index in [1.54, 1.807) is 12.1 Å². The summed E-state index contributed by atoms with van der Waals surface area (Å²) in [7, 11) is 0. The molecule has 0 radical (unpaired) electrons. The summed E-state index contributed by atoms with van der Waals surface area (Å²) in [6, 6.07) is 42.5. The molecule has 3 aromatic heterocycles. The monoisotopic (exact) mass is 1140 g/mol. The van der Waals surface area contributed by atoms with Gasteiger partial charge >= 0.3 is 0 Å². The highest BCUT2D eigenvalue weighted by Gasteiger charge is 2.39. The van der Waals surface area contributed by atoms with E-state index >= 15 is 17.6 Å². The lowest BCUT2D eigenvalue weighted by molar-refractivity contribution is 0.380. The highest BCUT2D eigenvalue weighted by atomic mass is 19.2. The van der Waals surface area contributed by atoms with Gasteiger partial charge in [-0.25, -0.2) is 58.9 Å². The van der Waals surface area contributed by atoms with Gasteiger partial charge in [0.05, 0.1) is 33.2 Å². The highest BCUT2D eigenvalue weighted by molar-refractivity contribution is 6.11. The summed E-state index contributed by atoms with van der Waals surface area (Å²) in [6.07, 6.45) is 22.5. The Morgan fingerprint density at radius 2 is 1.00 bits per heavy atom. The Morgan fingerprint density at radius 3 is 1.62 bits per heavy atom. The summed E-state index contributed by atoms with van der Waals surface area (Å²) in [5, 5.41) is 4.41. The predicted molar refractivity (Wildman–Crippen MR) is 310 cm³/mol. The molecule has 0 saturated carbocycles. The SMILES string of the molecule is Fc1c(F)c(F)c(-c2nc(-c3ccc(N4C5=CC=C(n6c7ccccc7c7ccc(C8C=CC=CC8)cc76)CC5c5cc(-n6c7ccccc7c7ccc(C8=CC=CCC8)cc76)ccc54)cc3)nc(-c3c(F)c(F)c(F)c(F)c3F)n2)c(F)c1F. The molecule has 0 spiro atoms. The zero-order valence-electron chi connectivity index (χ0n) is 44.3. The molecule has 11 aromatic rings. The Balaban J connectivity index is 0.903. The Bertz CT molecular complexity index is 4780. The summed E-state index contributed by atoms with van der Waals surface area (Å²) < 4.78 is 154. The minimum Gasteiger partial charge on any atom is -0.313 e. The van der Waals surface area contributed by atoms with Crippen LogP contribution in [0.4, 0.5) is 55.3 Å². The zero-order valence-corrected chi connectivity index (χ0v) is 44.3. The van der Waals surface area contributed by atoms with E-state index in [1.165, 1.54) is 23.3 Å². The smallest absolute Gasteiger partial charge is 0.200 e. The number of hydrogen-bond donors (Lipinski definition) is 0. The van der Waals surface area contributed by atoms with Crippen LogP contribution < -0.4 is 4.90 Å². The number of nitrogens with zero attached hydrogens (tertiary/aromatic N) is 6. The van der Waals surface area contributed by atoms with Crippen LogP contribution in [0.1, 0.15) is 54.2 Å². The average molecular weight is 1140 g/mol. The number of fused-ring (bicyclic) bond motifs is 9. The first-order chi connectivity index (χ1) is 41.3. The first kappa shape index (κ1) is 51.8. The number of rotatable bonds is 8. The average Bonchev–Trinajstić information content (AvgIpc) is 1.86. The van der Waals surface area contributed by atoms with Crippen LogP contribution >= 0.6 is 0 Å². The Hall–Kier alpha value is -10.1. The summed E-state index contributed by atoms with van der Waals surface area (Å²) in [4.78, 5) is 13.6. The highest BCUT2D eigenvalue weighted by Crippen LogP contribution is 2.54. The van der Waals surface area contributed by atoms with Crippen LogP contribution in [0.2, 0.25) is 0 Å². The molecule has 0 saturated heterocycles. The largest absolute Gasteiger partial charge is 0.313 e. The molecule has 0 bridgehead atoms. The second kappa shape index (κ2) is 19.8. The van der Waals surface area contributed by atoms with Crippen molar-refractivity contribution in [3.8, 4) is 39.9 Å². The van der Waals surface area contributed by atoms with Gasteiger partial charge in [-0.15, -0.1) is 0 Å². The molecule has 0 amide bonds. The van der Waals surface area contributed by atoms with Gasteiger partial charge in [0.25, 0.3) is 0 Å². The van der Waals surface area contributed by atoms with E-state index in [0.29, 0.717) is 12.1 Å². The Labute approximate surface area is 477 Å². The maximum absolute atomic E-state index is 15.5. The second-order valence-electron chi connectivity index (χ2n) is 21.4. The van der Waals surface area contributed by atoms with Crippen molar-refractivity contribution in [2.75, 3.05) is 4.90 Å². The van der Waals surface area contributed by atoms with E-state index in [0.717, 1.165) is 96.8 Å². The standard InChI is InChI=1S/C69H40F10N6/c70-57-55(58(71)62(75)65(78)61(57)74)68-80-67(81-69(82-68)56-59(72)63(76)66(79)64(77)60(56)73)37-19-23-40(24-20-37)83-51-29-25-41(84-49-17-9-7-15-43(49)45-27-21-38(31-53(45)84)35-11-3-1-4-12-35)33-47(51)48-34-42(26-30-52(48)83)85-50-18-10-8-16-44(50)46-28-22-39(32-54(46)85)36-13-5-2-6-14-36/h1-5,7-11,13,15-32,34-35,47H,6,12,14,33H2. The van der Waals surface area contributed by atoms with Crippen molar-refractivity contribution in [2.45, 2.75) is 37.5 Å². The first-order valence-electron chi connectivity index (χ1n) is 27.3. The molecule has 2 atom stereocenters. The third-order valence-corrected chi connectivity index (χ3v) is 16.7. The van der Waals surface area contributed by atoms with Gasteiger partial charge in [0, 0.05) is 73.8 Å². The number of aromatic nitrogens is 5. The van der Waals surface area contributed by atoms with Gasteiger partial charge in [-0.05, 0) is 120 Å². The molecule has 416 valence electrons. The van der Waals surface area contributed by atoms with Gasteiger partial charge in [0.1, 0.15) is 0 Å². The minimum atomic E-state index is -2.53. The lowest BCUT2D eigenvalue weighted by atomic mass is 9.89. The van der Waals surface area contributed by atoms with Crippen LogP contribution in [0, 0.1) is 58.2 Å². The molecule has 1 aliphatic heterocycles. The third kappa shape index (κ3) is 8.05. The van der Waals surface area contributed by atoms with Crippen LogP contribution in [0.25, 0.3) is 94.7 Å². The summed E-state index contributed by atoms with van der Waals surface area (Å²) in [6.45, 7) is 0. The minimum absolute atomic E-state index is 0.0660. The molecule has 16 heteroatoms. The van der Waals surface area contributed by atoms with Crippen LogP contribution in [0.3, 0.4) is 0 Å². The van der Waals surface area contributed by atoms with Crippen molar-refractivity contribution in [3.05, 3.63) is 263 Å². The molecular formula is C69H40F10N6. The number of anilines is 2. The fraction of sp³-hybridized carbons (Fsp3) is 0.0870. The van der Waals surface area contributed by atoms with E-state index in [-0.39, 0.29) is 17.4 Å².